The zero-order valence-corrected chi connectivity index (χ0v) is 13.8. The van der Waals surface area contributed by atoms with Gasteiger partial charge in [-0.2, -0.15) is 0 Å². The lowest BCUT2D eigenvalue weighted by molar-refractivity contribution is 0.0773. The molecule has 2 aliphatic heterocycles. The minimum absolute atomic E-state index is 0.134. The number of benzene rings is 1. The van der Waals surface area contributed by atoms with E-state index in [9.17, 15) is 4.79 Å². The molecule has 2 aromatic rings. The van der Waals surface area contributed by atoms with Crippen LogP contribution in [0.1, 0.15) is 16.8 Å². The summed E-state index contributed by atoms with van der Waals surface area (Å²) in [4.78, 5) is 21.5. The van der Waals surface area contributed by atoms with Crippen LogP contribution in [0.5, 0.6) is 0 Å². The van der Waals surface area contributed by atoms with E-state index in [0.717, 1.165) is 56.9 Å². The van der Waals surface area contributed by atoms with Gasteiger partial charge in [-0.25, -0.2) is 4.98 Å². The minimum atomic E-state index is 0.134. The summed E-state index contributed by atoms with van der Waals surface area (Å²) in [7, 11) is 0. The fraction of sp³-hybridized carbons (Fsp3) is 0.444. The number of nitrogens with zero attached hydrogens (tertiary/aromatic N) is 4. The lowest BCUT2D eigenvalue weighted by atomic mass is 10.1. The summed E-state index contributed by atoms with van der Waals surface area (Å²) in [5, 5.41) is 3.39. The van der Waals surface area contributed by atoms with E-state index in [-0.39, 0.29) is 5.91 Å². The molecule has 1 aromatic carbocycles. The van der Waals surface area contributed by atoms with Gasteiger partial charge in [-0.05, 0) is 24.6 Å². The van der Waals surface area contributed by atoms with Crippen molar-refractivity contribution >= 4 is 5.91 Å². The second-order valence-corrected chi connectivity index (χ2v) is 6.50. The average molecular weight is 325 g/mol. The summed E-state index contributed by atoms with van der Waals surface area (Å²) in [6.07, 6.45) is 6.46. The molecule has 0 saturated carbocycles. The van der Waals surface area contributed by atoms with Gasteiger partial charge in [0.1, 0.15) is 0 Å². The molecule has 1 atom stereocenters. The molecule has 2 aliphatic rings. The summed E-state index contributed by atoms with van der Waals surface area (Å²) in [6, 6.07) is 8.29. The van der Waals surface area contributed by atoms with Crippen LogP contribution in [0.3, 0.4) is 0 Å². The summed E-state index contributed by atoms with van der Waals surface area (Å²) in [5.74, 6) is 0.134. The molecule has 1 aromatic heterocycles. The lowest BCUT2D eigenvalue weighted by Crippen LogP contribution is -2.49. The Bertz CT molecular complexity index is 693. The molecular weight excluding hydrogens is 302 g/mol. The Morgan fingerprint density at radius 2 is 2.08 bits per heavy atom. The summed E-state index contributed by atoms with van der Waals surface area (Å²) in [6.45, 7) is 5.97. The topological polar surface area (TPSA) is 53.4 Å². The maximum Gasteiger partial charge on any atom is 0.253 e. The van der Waals surface area contributed by atoms with E-state index in [1.54, 1.807) is 12.5 Å². The number of imidazole rings is 1. The highest BCUT2D eigenvalue weighted by Crippen LogP contribution is 2.20. The lowest BCUT2D eigenvalue weighted by Gasteiger charge is -2.32. The third kappa shape index (κ3) is 3.07. The Kier molecular flexibility index (Phi) is 4.32. The third-order valence-corrected chi connectivity index (χ3v) is 5.01. The van der Waals surface area contributed by atoms with Crippen molar-refractivity contribution in [1.29, 1.82) is 0 Å². The van der Waals surface area contributed by atoms with Gasteiger partial charge in [-0.15, -0.1) is 0 Å². The van der Waals surface area contributed by atoms with E-state index in [1.165, 1.54) is 0 Å². The monoisotopic (exact) mass is 325 g/mol. The number of rotatable bonds is 3. The quantitative estimate of drug-likeness (QED) is 0.914. The Balaban J connectivity index is 1.45. The summed E-state index contributed by atoms with van der Waals surface area (Å²) in [5.41, 5.74) is 1.72. The van der Waals surface area contributed by atoms with Gasteiger partial charge in [0, 0.05) is 69.0 Å². The molecular formula is C18H23N5O. The van der Waals surface area contributed by atoms with E-state index >= 15 is 0 Å². The van der Waals surface area contributed by atoms with Crippen molar-refractivity contribution in [3.05, 3.63) is 48.5 Å². The first-order valence-electron chi connectivity index (χ1n) is 8.64. The van der Waals surface area contributed by atoms with Gasteiger partial charge in [0.25, 0.3) is 5.91 Å². The molecule has 2 fully saturated rings. The van der Waals surface area contributed by atoms with Crippen LogP contribution in [0.15, 0.2) is 43.0 Å². The van der Waals surface area contributed by atoms with Gasteiger partial charge >= 0.3 is 0 Å². The highest BCUT2D eigenvalue weighted by Gasteiger charge is 2.31. The fourth-order valence-electron chi connectivity index (χ4n) is 3.67. The van der Waals surface area contributed by atoms with Gasteiger partial charge < -0.3 is 14.8 Å². The first-order chi connectivity index (χ1) is 11.8. The van der Waals surface area contributed by atoms with E-state index < -0.39 is 0 Å². The van der Waals surface area contributed by atoms with E-state index in [0.29, 0.717) is 6.04 Å². The molecule has 2 saturated heterocycles. The van der Waals surface area contributed by atoms with E-state index in [4.69, 9.17) is 0 Å². The van der Waals surface area contributed by atoms with Crippen molar-refractivity contribution in [1.82, 2.24) is 24.7 Å². The number of nitrogens with one attached hydrogen (secondary N) is 1. The van der Waals surface area contributed by atoms with Crippen LogP contribution in [0, 0.1) is 0 Å². The zero-order chi connectivity index (χ0) is 16.4. The number of amides is 1. The number of likely N-dealkylation sites (tertiary alicyclic amines) is 1. The number of carbonyl (C=O) groups is 1. The minimum Gasteiger partial charge on any atom is -0.337 e. The summed E-state index contributed by atoms with van der Waals surface area (Å²) < 4.78 is 1.92. The molecule has 1 unspecified atom stereocenters. The van der Waals surface area contributed by atoms with Crippen molar-refractivity contribution in [3.63, 3.8) is 0 Å². The van der Waals surface area contributed by atoms with Crippen LogP contribution in [0.25, 0.3) is 5.69 Å². The average Bonchev–Trinajstić information content (AvgIpc) is 3.34. The first-order valence-corrected chi connectivity index (χ1v) is 8.64. The Labute approximate surface area is 142 Å². The molecule has 6 nitrogen and oxygen atoms in total. The molecule has 3 heterocycles. The first kappa shape index (κ1) is 15.4. The molecule has 1 amide bonds. The van der Waals surface area contributed by atoms with Crippen molar-refractivity contribution in [3.8, 4) is 5.69 Å². The molecule has 0 radical (unpaired) electrons. The van der Waals surface area contributed by atoms with Crippen LogP contribution >= 0.6 is 0 Å². The molecule has 4 rings (SSSR count). The van der Waals surface area contributed by atoms with Crippen molar-refractivity contribution < 1.29 is 4.79 Å². The van der Waals surface area contributed by atoms with Crippen LogP contribution < -0.4 is 5.32 Å². The van der Waals surface area contributed by atoms with Gasteiger partial charge in [0.05, 0.1) is 6.33 Å². The van der Waals surface area contributed by atoms with Gasteiger partial charge in [-0.3, -0.25) is 9.69 Å². The predicted molar refractivity (Wildman–Crippen MR) is 92.3 cm³/mol. The Hall–Kier alpha value is -2.18. The molecule has 126 valence electrons. The Morgan fingerprint density at radius 3 is 2.88 bits per heavy atom. The normalized spacial score (nSPS) is 22.0. The van der Waals surface area contributed by atoms with Crippen LogP contribution in [0.4, 0.5) is 0 Å². The second-order valence-electron chi connectivity index (χ2n) is 6.50. The molecule has 0 aliphatic carbocycles. The van der Waals surface area contributed by atoms with Crippen molar-refractivity contribution in [2.24, 2.45) is 0 Å². The zero-order valence-electron chi connectivity index (χ0n) is 13.8. The molecule has 0 spiro atoms. The number of piperazine rings is 1. The Morgan fingerprint density at radius 1 is 1.21 bits per heavy atom. The summed E-state index contributed by atoms with van der Waals surface area (Å²) >= 11 is 0. The number of aromatic nitrogens is 2. The smallest absolute Gasteiger partial charge is 0.253 e. The van der Waals surface area contributed by atoms with Gasteiger partial charge in [0.15, 0.2) is 0 Å². The molecule has 24 heavy (non-hydrogen) atoms. The number of hydrogen-bond donors (Lipinski definition) is 1. The van der Waals surface area contributed by atoms with Crippen molar-refractivity contribution in [2.75, 3.05) is 39.3 Å². The number of hydrogen-bond acceptors (Lipinski definition) is 4. The maximum absolute atomic E-state index is 12.9. The van der Waals surface area contributed by atoms with Crippen LogP contribution in [0.2, 0.25) is 0 Å². The van der Waals surface area contributed by atoms with Crippen molar-refractivity contribution in [2.45, 2.75) is 12.5 Å². The van der Waals surface area contributed by atoms with E-state index in [1.807, 2.05) is 39.9 Å². The third-order valence-electron chi connectivity index (χ3n) is 5.01. The van der Waals surface area contributed by atoms with Crippen LogP contribution in [-0.4, -0.2) is 70.6 Å². The van der Waals surface area contributed by atoms with Crippen LogP contribution in [-0.2, 0) is 0 Å². The van der Waals surface area contributed by atoms with E-state index in [2.05, 4.69) is 15.2 Å². The second kappa shape index (κ2) is 6.75. The fourth-order valence-corrected chi connectivity index (χ4v) is 3.67. The predicted octanol–water partition coefficient (Wildman–Crippen LogP) is 0.992. The number of carbonyl (C=O) groups excluding carboxylic acids is 1. The SMILES string of the molecule is O=C(c1cccc(-n2ccnc2)c1)N1CCC(N2CCNCC2)C1. The maximum atomic E-state index is 12.9. The van der Waals surface area contributed by atoms with Gasteiger partial charge in [0.2, 0.25) is 0 Å². The standard InChI is InChI=1S/C18H23N5O/c24-18(15-2-1-3-16(12-15)23-11-7-20-14-23)22-8-4-17(13-22)21-9-5-19-6-10-21/h1-3,7,11-12,14,17,19H,4-6,8-10,13H2. The molecule has 0 bridgehead atoms. The highest BCUT2D eigenvalue weighted by atomic mass is 16.2. The molecule has 6 heteroatoms. The van der Waals surface area contributed by atoms with Gasteiger partial charge in [-0.1, -0.05) is 6.07 Å². The molecule has 1 N–H and O–H groups in total. The largest absolute Gasteiger partial charge is 0.337 e. The highest BCUT2D eigenvalue weighted by molar-refractivity contribution is 5.95.